The van der Waals surface area contributed by atoms with Crippen LogP contribution in [0.25, 0.3) is 0 Å². The normalized spacial score (nSPS) is 27.4. The van der Waals surface area contributed by atoms with Gasteiger partial charge in [-0.15, -0.1) is 0 Å². The maximum absolute atomic E-state index is 13.3. The first-order chi connectivity index (χ1) is 15.1. The minimum Gasteiger partial charge on any atom is -0.342 e. The van der Waals surface area contributed by atoms with E-state index in [1.165, 1.54) is 11.2 Å². The van der Waals surface area contributed by atoms with Crippen LogP contribution < -0.4 is 4.90 Å². The Morgan fingerprint density at radius 3 is 2.22 bits per heavy atom. The number of likely N-dealkylation sites (tertiary alicyclic amines) is 1. The Bertz CT molecular complexity index is 990. The number of benzene rings is 1. The van der Waals surface area contributed by atoms with Crippen LogP contribution in [-0.4, -0.2) is 61.7 Å². The van der Waals surface area contributed by atoms with Gasteiger partial charge >= 0.3 is 0 Å². The van der Waals surface area contributed by atoms with Crippen LogP contribution in [0.2, 0.25) is 0 Å². The Balaban J connectivity index is 1.43. The van der Waals surface area contributed by atoms with Crippen LogP contribution in [0, 0.1) is 17.8 Å². The molecule has 3 atom stereocenters. The molecule has 3 aliphatic rings. The van der Waals surface area contributed by atoms with Gasteiger partial charge in [-0.1, -0.05) is 13.8 Å². The second kappa shape index (κ2) is 8.78. The monoisotopic (exact) mass is 461 g/mol. The minimum absolute atomic E-state index is 0.0300. The number of amides is 2. The molecule has 0 aromatic heterocycles. The predicted molar refractivity (Wildman–Crippen MR) is 124 cm³/mol. The van der Waals surface area contributed by atoms with E-state index in [9.17, 15) is 18.0 Å². The Morgan fingerprint density at radius 2 is 1.62 bits per heavy atom. The summed E-state index contributed by atoms with van der Waals surface area (Å²) in [6.45, 7) is 10.2. The standard InChI is InChI=1S/C24H35N3O4S/c1-16-11-17(2)15-25(14-16)24(29)20-7-9-26(10-8-20)32(30,31)22-5-6-23-21(13-22)12-18(3)27(23)19(4)28/h5-6,13,16-18,20H,7-12,14-15H2,1-4H3/t16-,17-,18-/m1/s1. The fourth-order valence-electron chi connectivity index (χ4n) is 5.84. The largest absolute Gasteiger partial charge is 0.342 e. The van der Waals surface area contributed by atoms with Gasteiger partial charge in [0.05, 0.1) is 4.90 Å². The van der Waals surface area contributed by atoms with E-state index in [1.54, 1.807) is 23.1 Å². The number of hydrogen-bond donors (Lipinski definition) is 0. The van der Waals surface area contributed by atoms with Crippen molar-refractivity contribution in [2.45, 2.75) is 64.3 Å². The van der Waals surface area contributed by atoms with E-state index < -0.39 is 10.0 Å². The molecular formula is C24H35N3O4S. The molecule has 0 unspecified atom stereocenters. The van der Waals surface area contributed by atoms with Gasteiger partial charge < -0.3 is 9.80 Å². The van der Waals surface area contributed by atoms with Crippen molar-refractivity contribution >= 4 is 27.5 Å². The van der Waals surface area contributed by atoms with Crippen molar-refractivity contribution in [1.82, 2.24) is 9.21 Å². The minimum atomic E-state index is -3.63. The molecule has 2 fully saturated rings. The summed E-state index contributed by atoms with van der Waals surface area (Å²) >= 11 is 0. The van der Waals surface area contributed by atoms with Crippen LogP contribution in [-0.2, 0) is 26.0 Å². The number of piperidine rings is 2. The summed E-state index contributed by atoms with van der Waals surface area (Å²) in [5.41, 5.74) is 1.70. The van der Waals surface area contributed by atoms with Gasteiger partial charge in [0.1, 0.15) is 0 Å². The number of anilines is 1. The highest BCUT2D eigenvalue weighted by molar-refractivity contribution is 7.89. The van der Waals surface area contributed by atoms with Gasteiger partial charge in [-0.25, -0.2) is 8.42 Å². The summed E-state index contributed by atoms with van der Waals surface area (Å²) in [5.74, 6) is 1.10. The quantitative estimate of drug-likeness (QED) is 0.693. The summed E-state index contributed by atoms with van der Waals surface area (Å²) in [4.78, 5) is 29.0. The second-order valence-electron chi connectivity index (χ2n) is 10.1. The molecule has 0 radical (unpaired) electrons. The Labute approximate surface area is 191 Å². The molecule has 0 spiro atoms. The first-order valence-electron chi connectivity index (χ1n) is 11.8. The molecule has 0 aliphatic carbocycles. The van der Waals surface area contributed by atoms with Gasteiger partial charge in [-0.05, 0) is 68.2 Å². The zero-order chi connectivity index (χ0) is 23.2. The lowest BCUT2D eigenvalue weighted by Gasteiger charge is -2.39. The van der Waals surface area contributed by atoms with Crippen LogP contribution in [0.3, 0.4) is 0 Å². The Kier molecular flexibility index (Phi) is 6.38. The smallest absolute Gasteiger partial charge is 0.243 e. The topological polar surface area (TPSA) is 78.0 Å². The summed E-state index contributed by atoms with van der Waals surface area (Å²) < 4.78 is 28.1. The van der Waals surface area contributed by atoms with Gasteiger partial charge in [-0.2, -0.15) is 4.31 Å². The number of hydrogen-bond acceptors (Lipinski definition) is 4. The van der Waals surface area contributed by atoms with Crippen LogP contribution in [0.15, 0.2) is 23.1 Å². The van der Waals surface area contributed by atoms with Crippen molar-refractivity contribution in [3.63, 3.8) is 0 Å². The van der Waals surface area contributed by atoms with Gasteiger partial charge in [0, 0.05) is 50.7 Å². The molecule has 0 saturated carbocycles. The van der Waals surface area contributed by atoms with Crippen LogP contribution >= 0.6 is 0 Å². The lowest BCUT2D eigenvalue weighted by Crippen LogP contribution is -2.48. The lowest BCUT2D eigenvalue weighted by molar-refractivity contribution is -0.139. The summed E-state index contributed by atoms with van der Waals surface area (Å²) in [6, 6.07) is 5.11. The van der Waals surface area contributed by atoms with Crippen molar-refractivity contribution in [2.24, 2.45) is 17.8 Å². The van der Waals surface area contributed by atoms with Gasteiger partial charge in [-0.3, -0.25) is 9.59 Å². The molecular weight excluding hydrogens is 426 g/mol. The van der Waals surface area contributed by atoms with E-state index >= 15 is 0 Å². The van der Waals surface area contributed by atoms with Crippen LogP contribution in [0.5, 0.6) is 0 Å². The Hall–Kier alpha value is -1.93. The molecule has 1 aromatic carbocycles. The van der Waals surface area contributed by atoms with Crippen LogP contribution in [0.1, 0.15) is 52.5 Å². The molecule has 176 valence electrons. The van der Waals surface area contributed by atoms with E-state index in [-0.39, 0.29) is 28.7 Å². The fraction of sp³-hybridized carbons (Fsp3) is 0.667. The number of fused-ring (bicyclic) bond motifs is 1. The maximum Gasteiger partial charge on any atom is 0.243 e. The van der Waals surface area contributed by atoms with Gasteiger partial charge in [0.25, 0.3) is 0 Å². The van der Waals surface area contributed by atoms with E-state index in [0.717, 1.165) is 30.8 Å². The van der Waals surface area contributed by atoms with Gasteiger partial charge in [0.15, 0.2) is 0 Å². The molecule has 32 heavy (non-hydrogen) atoms. The molecule has 2 amide bonds. The molecule has 7 nitrogen and oxygen atoms in total. The highest BCUT2D eigenvalue weighted by Crippen LogP contribution is 2.35. The van der Waals surface area contributed by atoms with E-state index in [4.69, 9.17) is 0 Å². The molecule has 3 heterocycles. The molecule has 3 aliphatic heterocycles. The van der Waals surface area contributed by atoms with Crippen molar-refractivity contribution in [1.29, 1.82) is 0 Å². The summed E-state index contributed by atoms with van der Waals surface area (Å²) in [7, 11) is -3.63. The molecule has 0 bridgehead atoms. The molecule has 8 heteroatoms. The van der Waals surface area contributed by atoms with E-state index in [0.29, 0.717) is 44.2 Å². The molecule has 1 aromatic rings. The third-order valence-corrected chi connectivity index (χ3v) is 9.12. The summed E-state index contributed by atoms with van der Waals surface area (Å²) in [6.07, 6.45) is 2.94. The Morgan fingerprint density at radius 1 is 1.00 bits per heavy atom. The average molecular weight is 462 g/mol. The highest BCUT2D eigenvalue weighted by atomic mass is 32.2. The fourth-order valence-corrected chi connectivity index (χ4v) is 7.36. The van der Waals surface area contributed by atoms with E-state index in [1.807, 2.05) is 11.8 Å². The zero-order valence-corrected chi connectivity index (χ0v) is 20.4. The predicted octanol–water partition coefficient (Wildman–Crippen LogP) is 2.89. The maximum atomic E-state index is 13.3. The molecule has 4 rings (SSSR count). The van der Waals surface area contributed by atoms with Crippen molar-refractivity contribution < 1.29 is 18.0 Å². The number of rotatable bonds is 3. The number of carbonyl (C=O) groups is 2. The van der Waals surface area contributed by atoms with Gasteiger partial charge in [0.2, 0.25) is 21.8 Å². The van der Waals surface area contributed by atoms with E-state index in [2.05, 4.69) is 13.8 Å². The average Bonchev–Trinajstić information content (AvgIpc) is 3.07. The zero-order valence-electron chi connectivity index (χ0n) is 19.6. The first-order valence-corrected chi connectivity index (χ1v) is 13.2. The highest BCUT2D eigenvalue weighted by Gasteiger charge is 2.36. The third kappa shape index (κ3) is 4.31. The van der Waals surface area contributed by atoms with Crippen molar-refractivity contribution in [2.75, 3.05) is 31.1 Å². The molecule has 2 saturated heterocycles. The molecule has 0 N–H and O–H groups in total. The van der Waals surface area contributed by atoms with Crippen molar-refractivity contribution in [3.05, 3.63) is 23.8 Å². The number of nitrogens with zero attached hydrogens (tertiary/aromatic N) is 3. The van der Waals surface area contributed by atoms with Crippen molar-refractivity contribution in [3.8, 4) is 0 Å². The lowest BCUT2D eigenvalue weighted by atomic mass is 9.89. The third-order valence-electron chi connectivity index (χ3n) is 7.23. The van der Waals surface area contributed by atoms with Crippen LogP contribution in [0.4, 0.5) is 5.69 Å². The number of carbonyl (C=O) groups excluding carboxylic acids is 2. The SMILES string of the molecule is CC(=O)N1c2ccc(S(=O)(=O)N3CCC(C(=O)N4C[C@H](C)C[C@@H](C)C4)CC3)cc2C[C@H]1C. The summed E-state index contributed by atoms with van der Waals surface area (Å²) in [5, 5.41) is 0. The second-order valence-corrected chi connectivity index (χ2v) is 12.0. The number of sulfonamides is 1. The first kappa shape index (κ1) is 23.2.